The van der Waals surface area contributed by atoms with Gasteiger partial charge in [-0.15, -0.1) is 0 Å². The first kappa shape index (κ1) is 9.93. The first-order valence-electron chi connectivity index (χ1n) is 4.88. The van der Waals surface area contributed by atoms with Gasteiger partial charge < -0.3 is 9.73 Å². The van der Waals surface area contributed by atoms with Gasteiger partial charge in [-0.1, -0.05) is 12.1 Å². The Morgan fingerprint density at radius 3 is 2.87 bits per heavy atom. The molecule has 2 rings (SSSR count). The number of hydrogen-bond acceptors (Lipinski definition) is 3. The number of rotatable bonds is 2. The van der Waals surface area contributed by atoms with Crippen LogP contribution in [0.15, 0.2) is 33.5 Å². The molecule has 0 aliphatic rings. The summed E-state index contributed by atoms with van der Waals surface area (Å²) in [6.07, 6.45) is 0. The van der Waals surface area contributed by atoms with E-state index in [9.17, 15) is 4.79 Å². The fraction of sp³-hybridized carbons (Fsp3) is 0.250. The van der Waals surface area contributed by atoms with Crippen LogP contribution in [0.2, 0.25) is 0 Å². The molecule has 0 aliphatic heterocycles. The van der Waals surface area contributed by atoms with Crippen molar-refractivity contribution in [1.29, 1.82) is 0 Å². The lowest BCUT2D eigenvalue weighted by Gasteiger charge is -2.04. The number of benzene rings is 1. The normalized spacial score (nSPS) is 10.8. The second-order valence-electron chi connectivity index (χ2n) is 3.62. The van der Waals surface area contributed by atoms with Crippen LogP contribution in [0.5, 0.6) is 0 Å². The zero-order valence-electron chi connectivity index (χ0n) is 8.83. The molecule has 78 valence electrons. The first-order valence-corrected chi connectivity index (χ1v) is 4.88. The Labute approximate surface area is 87.7 Å². The molecular formula is C12H13NO2. The molecule has 2 aromatic rings. The lowest BCUT2D eigenvalue weighted by atomic mass is 10.1. The van der Waals surface area contributed by atoms with Gasteiger partial charge in [-0.25, -0.2) is 4.79 Å². The molecule has 1 N–H and O–H groups in total. The van der Waals surface area contributed by atoms with Crippen LogP contribution in [0.1, 0.15) is 11.1 Å². The van der Waals surface area contributed by atoms with Crippen LogP contribution in [-0.2, 0) is 6.54 Å². The molecule has 0 saturated carbocycles. The van der Waals surface area contributed by atoms with Crippen molar-refractivity contribution >= 4 is 11.0 Å². The van der Waals surface area contributed by atoms with E-state index in [-0.39, 0.29) is 5.63 Å². The van der Waals surface area contributed by atoms with Gasteiger partial charge in [0, 0.05) is 18.0 Å². The molecule has 1 heterocycles. The summed E-state index contributed by atoms with van der Waals surface area (Å²) in [7, 11) is 1.86. The van der Waals surface area contributed by atoms with Gasteiger partial charge in [-0.2, -0.15) is 0 Å². The van der Waals surface area contributed by atoms with E-state index < -0.39 is 0 Å². The Kier molecular flexibility index (Phi) is 2.56. The summed E-state index contributed by atoms with van der Waals surface area (Å²) in [5.41, 5.74) is 2.43. The van der Waals surface area contributed by atoms with E-state index in [4.69, 9.17) is 4.42 Å². The lowest BCUT2D eigenvalue weighted by Crippen LogP contribution is -2.09. The Balaban J connectivity index is 2.74. The minimum absolute atomic E-state index is 0.293. The van der Waals surface area contributed by atoms with Gasteiger partial charge in [-0.05, 0) is 31.2 Å². The largest absolute Gasteiger partial charge is 0.423 e. The van der Waals surface area contributed by atoms with Crippen molar-refractivity contribution < 1.29 is 4.42 Å². The number of fused-ring (bicyclic) bond motifs is 1. The van der Waals surface area contributed by atoms with E-state index in [1.54, 1.807) is 0 Å². The summed E-state index contributed by atoms with van der Waals surface area (Å²) in [6.45, 7) is 2.65. The minimum atomic E-state index is -0.293. The molecule has 1 aromatic carbocycles. The molecule has 0 aliphatic carbocycles. The predicted octanol–water partition coefficient (Wildman–Crippen LogP) is 1.82. The minimum Gasteiger partial charge on any atom is -0.423 e. The molecular weight excluding hydrogens is 190 g/mol. The van der Waals surface area contributed by atoms with Gasteiger partial charge in [0.05, 0.1) is 0 Å². The third-order valence-corrected chi connectivity index (χ3v) is 2.35. The fourth-order valence-electron chi connectivity index (χ4n) is 1.67. The highest BCUT2D eigenvalue weighted by Crippen LogP contribution is 2.18. The van der Waals surface area contributed by atoms with Crippen molar-refractivity contribution in [2.75, 3.05) is 7.05 Å². The summed E-state index contributed by atoms with van der Waals surface area (Å²) < 4.78 is 5.15. The Bertz CT molecular complexity index is 543. The third kappa shape index (κ3) is 1.92. The van der Waals surface area contributed by atoms with Crippen LogP contribution in [-0.4, -0.2) is 7.05 Å². The topological polar surface area (TPSA) is 42.2 Å². The van der Waals surface area contributed by atoms with Crippen LogP contribution in [0.4, 0.5) is 0 Å². The van der Waals surface area contributed by atoms with E-state index in [2.05, 4.69) is 5.32 Å². The van der Waals surface area contributed by atoms with E-state index in [0.29, 0.717) is 12.1 Å². The van der Waals surface area contributed by atoms with E-state index in [0.717, 1.165) is 16.5 Å². The molecule has 0 atom stereocenters. The molecule has 3 heteroatoms. The zero-order chi connectivity index (χ0) is 10.8. The summed E-state index contributed by atoms with van der Waals surface area (Å²) in [5, 5.41) is 4.03. The maximum atomic E-state index is 11.3. The van der Waals surface area contributed by atoms with Crippen molar-refractivity contribution in [3.63, 3.8) is 0 Å². The third-order valence-electron chi connectivity index (χ3n) is 2.35. The van der Waals surface area contributed by atoms with Crippen LogP contribution in [0.25, 0.3) is 11.0 Å². The van der Waals surface area contributed by atoms with Gasteiger partial charge in [0.15, 0.2) is 0 Å². The van der Waals surface area contributed by atoms with Crippen molar-refractivity contribution in [3.05, 3.63) is 45.8 Å². The summed E-state index contributed by atoms with van der Waals surface area (Å²) in [6, 6.07) is 7.42. The predicted molar refractivity (Wildman–Crippen MR) is 60.0 cm³/mol. The standard InChI is InChI=1S/C12H13NO2/c1-8-3-4-10-9(7-13-2)6-12(14)15-11(10)5-8/h3-6,13H,7H2,1-2H3. The summed E-state index contributed by atoms with van der Waals surface area (Å²) in [4.78, 5) is 11.3. The first-order chi connectivity index (χ1) is 7.20. The van der Waals surface area contributed by atoms with Crippen LogP contribution in [0.3, 0.4) is 0 Å². The molecule has 15 heavy (non-hydrogen) atoms. The second kappa shape index (κ2) is 3.87. The molecule has 0 bridgehead atoms. The molecule has 0 fully saturated rings. The monoisotopic (exact) mass is 203 g/mol. The van der Waals surface area contributed by atoms with Crippen molar-refractivity contribution in [3.8, 4) is 0 Å². The van der Waals surface area contributed by atoms with Gasteiger partial charge >= 0.3 is 5.63 Å². The van der Waals surface area contributed by atoms with E-state index in [1.807, 2.05) is 32.2 Å². The Morgan fingerprint density at radius 1 is 1.33 bits per heavy atom. The average molecular weight is 203 g/mol. The SMILES string of the molecule is CNCc1cc(=O)oc2cc(C)ccc12. The van der Waals surface area contributed by atoms with Crippen LogP contribution >= 0.6 is 0 Å². The lowest BCUT2D eigenvalue weighted by molar-refractivity contribution is 0.557. The van der Waals surface area contributed by atoms with E-state index >= 15 is 0 Å². The average Bonchev–Trinajstić information content (AvgIpc) is 2.17. The molecule has 0 radical (unpaired) electrons. The van der Waals surface area contributed by atoms with Crippen molar-refractivity contribution in [2.45, 2.75) is 13.5 Å². The van der Waals surface area contributed by atoms with E-state index in [1.165, 1.54) is 6.07 Å². The van der Waals surface area contributed by atoms with Crippen LogP contribution < -0.4 is 10.9 Å². The van der Waals surface area contributed by atoms with Crippen molar-refractivity contribution in [2.24, 2.45) is 0 Å². The molecule has 0 unspecified atom stereocenters. The fourth-order valence-corrected chi connectivity index (χ4v) is 1.67. The van der Waals surface area contributed by atoms with Crippen LogP contribution in [0, 0.1) is 6.92 Å². The van der Waals surface area contributed by atoms with Gasteiger partial charge in [0.25, 0.3) is 0 Å². The van der Waals surface area contributed by atoms with Gasteiger partial charge in [0.2, 0.25) is 0 Å². The Morgan fingerprint density at radius 2 is 2.13 bits per heavy atom. The molecule has 1 aromatic heterocycles. The van der Waals surface area contributed by atoms with Crippen molar-refractivity contribution in [1.82, 2.24) is 5.32 Å². The maximum absolute atomic E-state index is 11.3. The Hall–Kier alpha value is -1.61. The molecule has 0 spiro atoms. The quantitative estimate of drug-likeness (QED) is 0.757. The number of aryl methyl sites for hydroxylation is 1. The highest BCUT2D eigenvalue weighted by molar-refractivity contribution is 5.80. The smallest absolute Gasteiger partial charge is 0.336 e. The maximum Gasteiger partial charge on any atom is 0.336 e. The molecule has 0 amide bonds. The highest BCUT2D eigenvalue weighted by atomic mass is 16.4. The van der Waals surface area contributed by atoms with Gasteiger partial charge in [0.1, 0.15) is 5.58 Å². The number of hydrogen-bond donors (Lipinski definition) is 1. The number of nitrogens with one attached hydrogen (secondary N) is 1. The summed E-state index contributed by atoms with van der Waals surface area (Å²) in [5.74, 6) is 0. The summed E-state index contributed by atoms with van der Waals surface area (Å²) >= 11 is 0. The van der Waals surface area contributed by atoms with Gasteiger partial charge in [-0.3, -0.25) is 0 Å². The zero-order valence-corrected chi connectivity index (χ0v) is 8.83. The molecule has 0 saturated heterocycles. The highest BCUT2D eigenvalue weighted by Gasteiger charge is 2.04. The molecule has 3 nitrogen and oxygen atoms in total. The second-order valence-corrected chi connectivity index (χ2v) is 3.62.